The van der Waals surface area contributed by atoms with Crippen LogP contribution in [0.2, 0.25) is 0 Å². The smallest absolute Gasteiger partial charge is 0.165 e. The Bertz CT molecular complexity index is 313. The molecule has 1 aliphatic rings. The zero-order valence-corrected chi connectivity index (χ0v) is 10.2. The molecular weight excluding hydrogens is 226 g/mol. The van der Waals surface area contributed by atoms with E-state index in [2.05, 4.69) is 20.8 Å². The number of hydrogen-bond acceptors (Lipinski definition) is 6. The lowest BCUT2D eigenvalue weighted by Gasteiger charge is -2.10. The van der Waals surface area contributed by atoms with Crippen LogP contribution in [0, 0.1) is 0 Å². The molecule has 6 nitrogen and oxygen atoms in total. The predicted molar refractivity (Wildman–Crippen MR) is 62.4 cm³/mol. The van der Waals surface area contributed by atoms with Gasteiger partial charge in [0.25, 0.3) is 0 Å². The molecule has 7 heteroatoms. The molecular formula is C9H17N5OS. The van der Waals surface area contributed by atoms with Crippen molar-refractivity contribution < 1.29 is 4.74 Å². The Morgan fingerprint density at radius 3 is 3.31 bits per heavy atom. The van der Waals surface area contributed by atoms with Crippen LogP contribution >= 0.6 is 11.8 Å². The predicted octanol–water partition coefficient (Wildman–Crippen LogP) is 0.0871. The molecule has 2 heterocycles. The van der Waals surface area contributed by atoms with Crippen LogP contribution in [0.25, 0.3) is 0 Å². The largest absolute Gasteiger partial charge is 0.383 e. The van der Waals surface area contributed by atoms with Gasteiger partial charge in [-0.25, -0.2) is 4.68 Å². The van der Waals surface area contributed by atoms with Crippen molar-refractivity contribution in [1.82, 2.24) is 25.5 Å². The Kier molecular flexibility index (Phi) is 4.55. The van der Waals surface area contributed by atoms with E-state index in [1.807, 2.05) is 16.4 Å². The van der Waals surface area contributed by atoms with Gasteiger partial charge in [-0.3, -0.25) is 0 Å². The summed E-state index contributed by atoms with van der Waals surface area (Å²) in [5.74, 6) is 3.25. The average Bonchev–Trinajstić information content (AvgIpc) is 2.94. The molecule has 0 amide bonds. The maximum absolute atomic E-state index is 4.97. The summed E-state index contributed by atoms with van der Waals surface area (Å²) in [7, 11) is 1.70. The maximum atomic E-state index is 4.97. The first-order chi connectivity index (χ1) is 7.92. The standard InChI is InChI=1S/C9H17N5OS/c1-15-4-3-10-6-9-11-12-13-14(9)8-2-5-16-7-8/h8,10H,2-7H2,1H3. The Balaban J connectivity index is 1.86. The van der Waals surface area contributed by atoms with Crippen LogP contribution in [0.5, 0.6) is 0 Å². The number of nitrogens with one attached hydrogen (secondary N) is 1. The summed E-state index contributed by atoms with van der Waals surface area (Å²) < 4.78 is 6.93. The molecule has 1 fully saturated rings. The van der Waals surface area contributed by atoms with E-state index in [9.17, 15) is 0 Å². The number of tetrazole rings is 1. The van der Waals surface area contributed by atoms with E-state index >= 15 is 0 Å². The number of thioether (sulfide) groups is 1. The highest BCUT2D eigenvalue weighted by atomic mass is 32.2. The van der Waals surface area contributed by atoms with E-state index in [-0.39, 0.29) is 0 Å². The van der Waals surface area contributed by atoms with Crippen LogP contribution in [0.3, 0.4) is 0 Å². The SMILES string of the molecule is COCCNCc1nnnn1C1CCSC1. The van der Waals surface area contributed by atoms with E-state index in [0.29, 0.717) is 19.2 Å². The third-order valence-corrected chi connectivity index (χ3v) is 3.72. The van der Waals surface area contributed by atoms with Crippen molar-refractivity contribution in [3.63, 3.8) is 0 Å². The van der Waals surface area contributed by atoms with Gasteiger partial charge in [0.1, 0.15) is 0 Å². The van der Waals surface area contributed by atoms with Crippen LogP contribution in [0.4, 0.5) is 0 Å². The second-order valence-electron chi connectivity index (χ2n) is 3.73. The van der Waals surface area contributed by atoms with Gasteiger partial charge in [0.15, 0.2) is 5.82 Å². The zero-order chi connectivity index (χ0) is 11.2. The van der Waals surface area contributed by atoms with Gasteiger partial charge in [-0.2, -0.15) is 11.8 Å². The number of hydrogen-bond donors (Lipinski definition) is 1. The normalized spacial score (nSPS) is 20.4. The molecule has 90 valence electrons. The second-order valence-corrected chi connectivity index (χ2v) is 4.88. The molecule has 2 rings (SSSR count). The van der Waals surface area contributed by atoms with Crippen molar-refractivity contribution in [2.24, 2.45) is 0 Å². The number of aromatic nitrogens is 4. The molecule has 1 unspecified atom stereocenters. The van der Waals surface area contributed by atoms with Crippen LogP contribution in [-0.4, -0.2) is 52.0 Å². The minimum absolute atomic E-state index is 0.472. The van der Waals surface area contributed by atoms with Gasteiger partial charge < -0.3 is 10.1 Å². The fourth-order valence-corrected chi connectivity index (χ4v) is 2.89. The molecule has 1 atom stereocenters. The van der Waals surface area contributed by atoms with Crippen molar-refractivity contribution in [2.75, 3.05) is 31.8 Å². The summed E-state index contributed by atoms with van der Waals surface area (Å²) in [5, 5.41) is 15.1. The Labute approximate surface area is 99.1 Å². The van der Waals surface area contributed by atoms with Gasteiger partial charge in [0.2, 0.25) is 0 Å². The molecule has 1 N–H and O–H groups in total. The summed E-state index contributed by atoms with van der Waals surface area (Å²) >= 11 is 1.96. The lowest BCUT2D eigenvalue weighted by molar-refractivity contribution is 0.198. The van der Waals surface area contributed by atoms with Gasteiger partial charge in [-0.1, -0.05) is 0 Å². The number of ether oxygens (including phenoxy) is 1. The highest BCUT2D eigenvalue weighted by Gasteiger charge is 2.21. The minimum Gasteiger partial charge on any atom is -0.383 e. The molecule has 1 aliphatic heterocycles. The van der Waals surface area contributed by atoms with Crippen molar-refractivity contribution in [2.45, 2.75) is 19.0 Å². The number of nitrogens with zero attached hydrogens (tertiary/aromatic N) is 4. The second kappa shape index (κ2) is 6.17. The van der Waals surface area contributed by atoms with Crippen LogP contribution in [0.15, 0.2) is 0 Å². The van der Waals surface area contributed by atoms with E-state index in [0.717, 1.165) is 18.1 Å². The van der Waals surface area contributed by atoms with Gasteiger partial charge >= 0.3 is 0 Å². The molecule has 0 aliphatic carbocycles. The summed E-state index contributed by atoms with van der Waals surface area (Å²) in [6.07, 6.45) is 1.17. The first kappa shape index (κ1) is 11.8. The summed E-state index contributed by atoms with van der Waals surface area (Å²) in [6.45, 7) is 2.24. The van der Waals surface area contributed by atoms with Crippen molar-refractivity contribution >= 4 is 11.8 Å². The topological polar surface area (TPSA) is 64.9 Å². The molecule has 0 bridgehead atoms. The molecule has 1 aromatic heterocycles. The third-order valence-electron chi connectivity index (χ3n) is 2.58. The van der Waals surface area contributed by atoms with Crippen LogP contribution in [-0.2, 0) is 11.3 Å². The summed E-state index contributed by atoms with van der Waals surface area (Å²) in [5.41, 5.74) is 0. The van der Waals surface area contributed by atoms with E-state index in [4.69, 9.17) is 4.74 Å². The van der Waals surface area contributed by atoms with Crippen molar-refractivity contribution in [3.8, 4) is 0 Å². The van der Waals surface area contributed by atoms with Crippen LogP contribution in [0.1, 0.15) is 18.3 Å². The lowest BCUT2D eigenvalue weighted by atomic mass is 10.3. The number of methoxy groups -OCH3 is 1. The van der Waals surface area contributed by atoms with E-state index in [1.54, 1.807) is 7.11 Å². The fourth-order valence-electron chi connectivity index (χ4n) is 1.70. The van der Waals surface area contributed by atoms with E-state index < -0.39 is 0 Å². The molecule has 1 saturated heterocycles. The Morgan fingerprint density at radius 2 is 2.56 bits per heavy atom. The molecule has 0 radical (unpaired) electrons. The van der Waals surface area contributed by atoms with Gasteiger partial charge in [0.05, 0.1) is 19.2 Å². The Morgan fingerprint density at radius 1 is 1.62 bits per heavy atom. The quantitative estimate of drug-likeness (QED) is 0.714. The molecule has 1 aromatic rings. The summed E-state index contributed by atoms with van der Waals surface area (Å²) in [6, 6.07) is 0.472. The van der Waals surface area contributed by atoms with Gasteiger partial charge in [-0.05, 0) is 22.6 Å². The Hall–Kier alpha value is -0.660. The average molecular weight is 243 g/mol. The lowest BCUT2D eigenvalue weighted by Crippen LogP contribution is -2.23. The zero-order valence-electron chi connectivity index (χ0n) is 9.43. The first-order valence-electron chi connectivity index (χ1n) is 5.46. The highest BCUT2D eigenvalue weighted by Crippen LogP contribution is 2.27. The van der Waals surface area contributed by atoms with Crippen LogP contribution < -0.4 is 5.32 Å². The maximum Gasteiger partial charge on any atom is 0.165 e. The monoisotopic (exact) mass is 243 g/mol. The van der Waals surface area contributed by atoms with Crippen molar-refractivity contribution in [3.05, 3.63) is 5.82 Å². The molecule has 16 heavy (non-hydrogen) atoms. The van der Waals surface area contributed by atoms with Gasteiger partial charge in [-0.15, -0.1) is 5.10 Å². The molecule has 0 spiro atoms. The van der Waals surface area contributed by atoms with Crippen molar-refractivity contribution in [1.29, 1.82) is 0 Å². The first-order valence-corrected chi connectivity index (χ1v) is 6.61. The highest BCUT2D eigenvalue weighted by molar-refractivity contribution is 7.99. The fraction of sp³-hybridized carbons (Fsp3) is 0.889. The van der Waals surface area contributed by atoms with E-state index in [1.165, 1.54) is 12.2 Å². The summed E-state index contributed by atoms with van der Waals surface area (Å²) in [4.78, 5) is 0. The number of rotatable bonds is 6. The molecule has 0 aromatic carbocycles. The molecule has 0 saturated carbocycles. The minimum atomic E-state index is 0.472. The third kappa shape index (κ3) is 2.93. The van der Waals surface area contributed by atoms with Gasteiger partial charge in [0, 0.05) is 19.4 Å².